The van der Waals surface area contributed by atoms with Gasteiger partial charge in [-0.15, -0.1) is 0 Å². The van der Waals surface area contributed by atoms with E-state index in [-0.39, 0.29) is 11.9 Å². The zero-order valence-electron chi connectivity index (χ0n) is 14.9. The molecule has 1 amide bonds. The largest absolute Gasteiger partial charge is 0.360 e. The zero-order chi connectivity index (χ0) is 17.4. The van der Waals surface area contributed by atoms with Gasteiger partial charge in [0.1, 0.15) is 5.76 Å². The van der Waals surface area contributed by atoms with Crippen molar-refractivity contribution in [3.05, 3.63) is 34.8 Å². The summed E-state index contributed by atoms with van der Waals surface area (Å²) in [5.41, 5.74) is 8.53. The molecular formula is C18H26N4O2. The highest BCUT2D eigenvalue weighted by Crippen LogP contribution is 2.27. The third-order valence-electron chi connectivity index (χ3n) is 5.12. The fourth-order valence-electron chi connectivity index (χ4n) is 3.81. The van der Waals surface area contributed by atoms with E-state index in [2.05, 4.69) is 12.1 Å². The molecule has 3 rings (SSSR count). The van der Waals surface area contributed by atoms with E-state index >= 15 is 0 Å². The molecule has 1 aliphatic rings. The van der Waals surface area contributed by atoms with Gasteiger partial charge in [0.2, 0.25) is 0 Å². The first-order valence-electron chi connectivity index (χ1n) is 8.57. The van der Waals surface area contributed by atoms with Crippen molar-refractivity contribution in [1.82, 2.24) is 14.6 Å². The molecule has 2 atom stereocenters. The summed E-state index contributed by atoms with van der Waals surface area (Å²) in [4.78, 5) is 15.1. The minimum atomic E-state index is 0.0663. The number of carbonyl (C=O) groups excluding carboxylic acids is 1. The summed E-state index contributed by atoms with van der Waals surface area (Å²) in [6.45, 7) is 9.25. The summed E-state index contributed by atoms with van der Waals surface area (Å²) >= 11 is 0. The molecule has 1 saturated heterocycles. The van der Waals surface area contributed by atoms with Crippen LogP contribution in [0.25, 0.3) is 5.82 Å². The predicted molar refractivity (Wildman–Crippen MR) is 92.3 cm³/mol. The van der Waals surface area contributed by atoms with Crippen molar-refractivity contribution >= 4 is 5.91 Å². The Labute approximate surface area is 142 Å². The van der Waals surface area contributed by atoms with Crippen LogP contribution in [0.2, 0.25) is 0 Å². The Balaban J connectivity index is 1.96. The molecule has 6 heteroatoms. The third kappa shape index (κ3) is 2.75. The minimum Gasteiger partial charge on any atom is -0.360 e. The molecule has 1 aliphatic heterocycles. The Bertz CT molecular complexity index is 746. The van der Waals surface area contributed by atoms with Crippen LogP contribution in [-0.2, 0) is 0 Å². The van der Waals surface area contributed by atoms with Crippen molar-refractivity contribution in [1.29, 1.82) is 0 Å². The summed E-state index contributed by atoms with van der Waals surface area (Å²) in [5, 5.41) is 4.08. The van der Waals surface area contributed by atoms with Crippen molar-refractivity contribution < 1.29 is 9.32 Å². The highest BCUT2D eigenvalue weighted by Gasteiger charge is 2.33. The molecule has 2 aromatic rings. The van der Waals surface area contributed by atoms with Crippen molar-refractivity contribution in [3.8, 4) is 5.82 Å². The molecule has 1 fully saturated rings. The predicted octanol–water partition coefficient (Wildman–Crippen LogP) is 2.59. The fraction of sp³-hybridized carbons (Fsp3) is 0.556. The first-order valence-corrected chi connectivity index (χ1v) is 8.57. The number of nitrogens with two attached hydrogens (primary N) is 1. The highest BCUT2D eigenvalue weighted by atomic mass is 16.5. The summed E-state index contributed by atoms with van der Waals surface area (Å²) in [7, 11) is 0. The van der Waals surface area contributed by atoms with Crippen LogP contribution >= 0.6 is 0 Å². The van der Waals surface area contributed by atoms with Gasteiger partial charge in [0.05, 0.1) is 5.56 Å². The van der Waals surface area contributed by atoms with E-state index < -0.39 is 0 Å². The molecular weight excluding hydrogens is 304 g/mol. The van der Waals surface area contributed by atoms with Crippen LogP contribution < -0.4 is 5.73 Å². The van der Waals surface area contributed by atoms with Crippen LogP contribution in [0.1, 0.15) is 47.3 Å². The smallest absolute Gasteiger partial charge is 0.255 e. The summed E-state index contributed by atoms with van der Waals surface area (Å²) in [6.07, 6.45) is 2.16. The van der Waals surface area contributed by atoms with Crippen LogP contribution in [0.5, 0.6) is 0 Å². The Morgan fingerprint density at radius 2 is 2.12 bits per heavy atom. The second-order valence-electron chi connectivity index (χ2n) is 6.84. The molecule has 130 valence electrons. The number of nitrogens with zero attached hydrogens (tertiary/aromatic N) is 3. The zero-order valence-corrected chi connectivity index (χ0v) is 14.9. The fourth-order valence-corrected chi connectivity index (χ4v) is 3.81. The number of hydrogen-bond acceptors (Lipinski definition) is 4. The Hall–Kier alpha value is -2.08. The maximum absolute atomic E-state index is 13.2. The third-order valence-corrected chi connectivity index (χ3v) is 5.12. The summed E-state index contributed by atoms with van der Waals surface area (Å²) in [5.74, 6) is 1.97. The van der Waals surface area contributed by atoms with Crippen LogP contribution in [0.4, 0.5) is 0 Å². The molecule has 6 nitrogen and oxygen atoms in total. The first-order chi connectivity index (χ1) is 11.4. The van der Waals surface area contributed by atoms with E-state index in [0.717, 1.165) is 42.1 Å². The molecule has 2 unspecified atom stereocenters. The monoisotopic (exact) mass is 330 g/mol. The van der Waals surface area contributed by atoms with E-state index in [1.54, 1.807) is 0 Å². The second kappa shape index (κ2) is 6.43. The average Bonchev–Trinajstić information content (AvgIpc) is 3.09. The molecule has 0 radical (unpaired) electrons. The molecule has 0 bridgehead atoms. The molecule has 2 aromatic heterocycles. The maximum atomic E-state index is 13.2. The van der Waals surface area contributed by atoms with Gasteiger partial charge < -0.3 is 15.2 Å². The number of piperidine rings is 1. The highest BCUT2D eigenvalue weighted by molar-refractivity contribution is 5.96. The van der Waals surface area contributed by atoms with Crippen molar-refractivity contribution in [2.75, 3.05) is 13.1 Å². The normalized spacial score (nSPS) is 21.3. The number of rotatable bonds is 3. The first kappa shape index (κ1) is 16.8. The number of carbonyl (C=O) groups is 1. The number of amides is 1. The lowest BCUT2D eigenvalue weighted by atomic mass is 9.90. The van der Waals surface area contributed by atoms with Gasteiger partial charge in [0.15, 0.2) is 5.82 Å². The van der Waals surface area contributed by atoms with Crippen LogP contribution in [0.15, 0.2) is 16.7 Å². The van der Waals surface area contributed by atoms with Gasteiger partial charge in [-0.1, -0.05) is 12.1 Å². The molecule has 0 aromatic carbocycles. The second-order valence-corrected chi connectivity index (χ2v) is 6.84. The SMILES string of the molecule is Cc1cc(-n2c(C)cc(C(=O)N3CCCC(C)C3CN)c2C)no1. The van der Waals surface area contributed by atoms with Gasteiger partial charge in [-0.25, -0.2) is 0 Å². The Morgan fingerprint density at radius 3 is 2.75 bits per heavy atom. The van der Waals surface area contributed by atoms with Gasteiger partial charge in [-0.3, -0.25) is 9.36 Å². The van der Waals surface area contributed by atoms with Gasteiger partial charge >= 0.3 is 0 Å². The van der Waals surface area contributed by atoms with Gasteiger partial charge in [0.25, 0.3) is 5.91 Å². The van der Waals surface area contributed by atoms with E-state index in [1.807, 2.05) is 42.4 Å². The molecule has 2 N–H and O–H groups in total. The van der Waals surface area contributed by atoms with Gasteiger partial charge in [-0.05, 0) is 45.6 Å². The van der Waals surface area contributed by atoms with Crippen molar-refractivity contribution in [2.24, 2.45) is 11.7 Å². The van der Waals surface area contributed by atoms with E-state index in [4.69, 9.17) is 10.3 Å². The topological polar surface area (TPSA) is 77.3 Å². The average molecular weight is 330 g/mol. The lowest BCUT2D eigenvalue weighted by molar-refractivity contribution is 0.0532. The van der Waals surface area contributed by atoms with Crippen molar-refractivity contribution in [2.45, 2.75) is 46.6 Å². The summed E-state index contributed by atoms with van der Waals surface area (Å²) in [6, 6.07) is 3.93. The molecule has 0 aliphatic carbocycles. The van der Waals surface area contributed by atoms with E-state index in [9.17, 15) is 4.79 Å². The molecule has 3 heterocycles. The molecule has 0 spiro atoms. The lowest BCUT2D eigenvalue weighted by Crippen LogP contribution is -2.51. The number of likely N-dealkylation sites (tertiary alicyclic amines) is 1. The van der Waals surface area contributed by atoms with Crippen LogP contribution in [0, 0.1) is 26.7 Å². The minimum absolute atomic E-state index is 0.0663. The quantitative estimate of drug-likeness (QED) is 0.938. The van der Waals surface area contributed by atoms with Crippen LogP contribution in [-0.4, -0.2) is 39.7 Å². The lowest BCUT2D eigenvalue weighted by Gasteiger charge is -2.39. The number of aryl methyl sites for hydroxylation is 2. The Morgan fingerprint density at radius 1 is 1.38 bits per heavy atom. The Kier molecular flexibility index (Phi) is 4.49. The molecule has 0 saturated carbocycles. The van der Waals surface area contributed by atoms with Crippen LogP contribution in [0.3, 0.4) is 0 Å². The maximum Gasteiger partial charge on any atom is 0.255 e. The standard InChI is InChI=1S/C18H26N4O2/c1-11-6-5-7-21(16(11)10-19)18(23)15-8-12(2)22(14(15)4)17-9-13(3)24-20-17/h8-9,11,16H,5-7,10,19H2,1-4H3. The number of aromatic nitrogens is 2. The van der Waals surface area contributed by atoms with Gasteiger partial charge in [-0.2, -0.15) is 0 Å². The number of hydrogen-bond donors (Lipinski definition) is 1. The van der Waals surface area contributed by atoms with Gasteiger partial charge in [0, 0.05) is 36.6 Å². The van der Waals surface area contributed by atoms with E-state index in [1.165, 1.54) is 0 Å². The summed E-state index contributed by atoms with van der Waals surface area (Å²) < 4.78 is 7.15. The van der Waals surface area contributed by atoms with Crippen molar-refractivity contribution in [3.63, 3.8) is 0 Å². The molecule has 24 heavy (non-hydrogen) atoms. The van der Waals surface area contributed by atoms with E-state index in [0.29, 0.717) is 18.3 Å².